The molecular weight excluding hydrogens is 314 g/mol. The first-order valence-corrected chi connectivity index (χ1v) is 6.29. The van der Waals surface area contributed by atoms with Crippen molar-refractivity contribution in [3.63, 3.8) is 0 Å². The van der Waals surface area contributed by atoms with Gasteiger partial charge in [0.05, 0.1) is 24.8 Å². The average molecular weight is 326 g/mol. The Hall–Kier alpha value is -0.200. The summed E-state index contributed by atoms with van der Waals surface area (Å²) < 4.78 is 24.8. The molecule has 17 heavy (non-hydrogen) atoms. The summed E-state index contributed by atoms with van der Waals surface area (Å²) in [7, 11) is 0. The van der Waals surface area contributed by atoms with Crippen LogP contribution >= 0.6 is 27.5 Å². The summed E-state index contributed by atoms with van der Waals surface area (Å²) in [5.41, 5.74) is 0.119. The van der Waals surface area contributed by atoms with Gasteiger partial charge in [0, 0.05) is 10.0 Å². The quantitative estimate of drug-likeness (QED) is 0.850. The van der Waals surface area contributed by atoms with Crippen LogP contribution in [0.2, 0.25) is 5.02 Å². The molecule has 0 saturated carbocycles. The van der Waals surface area contributed by atoms with Gasteiger partial charge in [0.15, 0.2) is 0 Å². The average Bonchev–Trinajstić information content (AvgIpc) is 2.36. The molecule has 94 valence electrons. The standard InChI is InChI=1S/C11H11BrClFO3/c12-7-2-1-6(10(14)9(7)13)11(15)8-5-16-3-4-17-8/h1-2,8,11,15H,3-5H2. The number of hydrogen-bond acceptors (Lipinski definition) is 3. The molecule has 1 N–H and O–H groups in total. The van der Waals surface area contributed by atoms with Crippen LogP contribution in [-0.2, 0) is 9.47 Å². The van der Waals surface area contributed by atoms with Crippen molar-refractivity contribution in [2.45, 2.75) is 12.2 Å². The minimum absolute atomic E-state index is 0.0433. The number of rotatable bonds is 2. The van der Waals surface area contributed by atoms with E-state index in [2.05, 4.69) is 15.9 Å². The monoisotopic (exact) mass is 324 g/mol. The van der Waals surface area contributed by atoms with Gasteiger partial charge in [-0.1, -0.05) is 17.7 Å². The summed E-state index contributed by atoms with van der Waals surface area (Å²) in [6, 6.07) is 3.07. The molecule has 1 aliphatic heterocycles. The summed E-state index contributed by atoms with van der Waals surface area (Å²) in [6.07, 6.45) is -1.64. The van der Waals surface area contributed by atoms with Crippen LogP contribution in [0.4, 0.5) is 4.39 Å². The SMILES string of the molecule is OC(c1ccc(Br)c(Cl)c1F)C1COCCO1. The highest BCUT2D eigenvalue weighted by molar-refractivity contribution is 9.10. The molecular formula is C11H11BrClFO3. The van der Waals surface area contributed by atoms with Crippen molar-refractivity contribution in [2.75, 3.05) is 19.8 Å². The Morgan fingerprint density at radius 2 is 2.24 bits per heavy atom. The van der Waals surface area contributed by atoms with E-state index in [1.54, 1.807) is 6.07 Å². The van der Waals surface area contributed by atoms with Gasteiger partial charge < -0.3 is 14.6 Å². The molecule has 1 aromatic carbocycles. The van der Waals surface area contributed by atoms with E-state index in [-0.39, 0.29) is 17.2 Å². The van der Waals surface area contributed by atoms with Crippen molar-refractivity contribution in [2.24, 2.45) is 0 Å². The maximum atomic E-state index is 13.8. The number of aliphatic hydroxyl groups is 1. The first-order valence-electron chi connectivity index (χ1n) is 5.12. The van der Waals surface area contributed by atoms with E-state index in [1.165, 1.54) is 6.07 Å². The van der Waals surface area contributed by atoms with Gasteiger partial charge >= 0.3 is 0 Å². The van der Waals surface area contributed by atoms with Crippen LogP contribution in [0, 0.1) is 5.82 Å². The summed E-state index contributed by atoms with van der Waals surface area (Å²) in [5, 5.41) is 9.98. The predicted molar refractivity (Wildman–Crippen MR) is 64.6 cm³/mol. The van der Waals surface area contributed by atoms with Gasteiger partial charge in [-0.25, -0.2) is 4.39 Å². The zero-order chi connectivity index (χ0) is 12.4. The zero-order valence-corrected chi connectivity index (χ0v) is 11.2. The highest BCUT2D eigenvalue weighted by Crippen LogP contribution is 2.32. The molecule has 1 fully saturated rings. The molecule has 0 amide bonds. The highest BCUT2D eigenvalue weighted by Gasteiger charge is 2.28. The third-order valence-corrected chi connectivity index (χ3v) is 3.84. The molecule has 1 aliphatic rings. The number of hydrogen-bond donors (Lipinski definition) is 1. The lowest BCUT2D eigenvalue weighted by Gasteiger charge is -2.27. The normalized spacial score (nSPS) is 22.5. The lowest BCUT2D eigenvalue weighted by atomic mass is 10.0. The van der Waals surface area contributed by atoms with Crippen LogP contribution in [0.5, 0.6) is 0 Å². The molecule has 1 aromatic rings. The Balaban J connectivity index is 2.24. The van der Waals surface area contributed by atoms with Crippen LogP contribution < -0.4 is 0 Å². The largest absolute Gasteiger partial charge is 0.385 e. The van der Waals surface area contributed by atoms with E-state index in [0.29, 0.717) is 17.7 Å². The first kappa shape index (κ1) is 13.2. The minimum Gasteiger partial charge on any atom is -0.385 e. The first-order chi connectivity index (χ1) is 8.11. The van der Waals surface area contributed by atoms with Crippen molar-refractivity contribution < 1.29 is 19.0 Å². The second kappa shape index (κ2) is 5.63. The van der Waals surface area contributed by atoms with Crippen molar-refractivity contribution in [1.29, 1.82) is 0 Å². The molecule has 0 spiro atoms. The van der Waals surface area contributed by atoms with Crippen LogP contribution in [-0.4, -0.2) is 31.0 Å². The van der Waals surface area contributed by atoms with Crippen molar-refractivity contribution in [3.05, 3.63) is 33.0 Å². The van der Waals surface area contributed by atoms with Crippen LogP contribution in [0.25, 0.3) is 0 Å². The molecule has 0 aromatic heterocycles. The van der Waals surface area contributed by atoms with E-state index in [0.717, 1.165) is 0 Å². The summed E-state index contributed by atoms with van der Waals surface area (Å²) in [4.78, 5) is 0. The van der Waals surface area contributed by atoms with E-state index >= 15 is 0 Å². The number of benzene rings is 1. The molecule has 2 atom stereocenters. The third-order valence-electron chi connectivity index (χ3n) is 2.58. The lowest BCUT2D eigenvalue weighted by Crippen LogP contribution is -2.34. The number of aliphatic hydroxyl groups excluding tert-OH is 1. The van der Waals surface area contributed by atoms with E-state index < -0.39 is 18.0 Å². The van der Waals surface area contributed by atoms with Gasteiger partial charge in [-0.15, -0.1) is 0 Å². The van der Waals surface area contributed by atoms with Gasteiger partial charge in [-0.05, 0) is 22.0 Å². The lowest BCUT2D eigenvalue weighted by molar-refractivity contribution is -0.134. The summed E-state index contributed by atoms with van der Waals surface area (Å²) in [5.74, 6) is -0.636. The molecule has 0 radical (unpaired) electrons. The maximum Gasteiger partial charge on any atom is 0.148 e. The number of ether oxygens (including phenoxy) is 2. The van der Waals surface area contributed by atoms with E-state index in [4.69, 9.17) is 21.1 Å². The molecule has 6 heteroatoms. The van der Waals surface area contributed by atoms with Crippen molar-refractivity contribution in [1.82, 2.24) is 0 Å². The topological polar surface area (TPSA) is 38.7 Å². The molecule has 2 unspecified atom stereocenters. The van der Waals surface area contributed by atoms with Crippen molar-refractivity contribution >= 4 is 27.5 Å². The maximum absolute atomic E-state index is 13.8. The summed E-state index contributed by atoms with van der Waals surface area (Å²) in [6.45, 7) is 1.13. The second-order valence-electron chi connectivity index (χ2n) is 3.69. The van der Waals surface area contributed by atoms with E-state index in [1.807, 2.05) is 0 Å². The van der Waals surface area contributed by atoms with Crippen LogP contribution in [0.1, 0.15) is 11.7 Å². The Kier molecular flexibility index (Phi) is 4.38. The van der Waals surface area contributed by atoms with Gasteiger partial charge in [0.1, 0.15) is 18.0 Å². The van der Waals surface area contributed by atoms with Gasteiger partial charge in [-0.3, -0.25) is 0 Å². The van der Waals surface area contributed by atoms with Crippen LogP contribution in [0.15, 0.2) is 16.6 Å². The Morgan fingerprint density at radius 3 is 2.88 bits per heavy atom. The van der Waals surface area contributed by atoms with Crippen LogP contribution in [0.3, 0.4) is 0 Å². The van der Waals surface area contributed by atoms with Gasteiger partial charge in [-0.2, -0.15) is 0 Å². The zero-order valence-electron chi connectivity index (χ0n) is 8.83. The van der Waals surface area contributed by atoms with Gasteiger partial charge in [0.2, 0.25) is 0 Å². The predicted octanol–water partition coefficient (Wildman–Crippen LogP) is 2.69. The highest BCUT2D eigenvalue weighted by atomic mass is 79.9. The fraction of sp³-hybridized carbons (Fsp3) is 0.455. The fourth-order valence-electron chi connectivity index (χ4n) is 1.66. The molecule has 3 nitrogen and oxygen atoms in total. The Labute approximate surface area is 112 Å². The van der Waals surface area contributed by atoms with E-state index in [9.17, 15) is 9.50 Å². The third kappa shape index (κ3) is 2.80. The molecule has 2 rings (SSSR count). The molecule has 1 saturated heterocycles. The summed E-state index contributed by atoms with van der Waals surface area (Å²) >= 11 is 8.88. The molecule has 1 heterocycles. The molecule has 0 bridgehead atoms. The van der Waals surface area contributed by atoms with Gasteiger partial charge in [0.25, 0.3) is 0 Å². The Morgan fingerprint density at radius 1 is 1.47 bits per heavy atom. The minimum atomic E-state index is -1.08. The smallest absolute Gasteiger partial charge is 0.148 e. The second-order valence-corrected chi connectivity index (χ2v) is 4.93. The molecule has 0 aliphatic carbocycles. The number of halogens is 3. The fourth-order valence-corrected chi connectivity index (χ4v) is 2.14. The Bertz CT molecular complexity index is 410. The van der Waals surface area contributed by atoms with Crippen molar-refractivity contribution in [3.8, 4) is 0 Å².